The maximum Gasteiger partial charge on any atom is 0.227 e. The van der Waals surface area contributed by atoms with E-state index < -0.39 is 0 Å². The maximum absolute atomic E-state index is 12.3. The highest BCUT2D eigenvalue weighted by Gasteiger charge is 2.21. The first-order chi connectivity index (χ1) is 9.74. The first kappa shape index (κ1) is 13.2. The second-order valence-electron chi connectivity index (χ2n) is 5.17. The first-order valence-corrected chi connectivity index (χ1v) is 7.88. The summed E-state index contributed by atoms with van der Waals surface area (Å²) >= 11 is 1.70. The number of carbonyl (C=O) groups excluding carboxylic acids is 1. The summed E-state index contributed by atoms with van der Waals surface area (Å²) in [6, 6.07) is 8.00. The lowest BCUT2D eigenvalue weighted by Gasteiger charge is -2.23. The van der Waals surface area contributed by atoms with E-state index in [0.717, 1.165) is 37.2 Å². The van der Waals surface area contributed by atoms with Gasteiger partial charge in [-0.1, -0.05) is 0 Å². The third kappa shape index (κ3) is 2.70. The second kappa shape index (κ2) is 5.67. The van der Waals surface area contributed by atoms with E-state index in [2.05, 4.69) is 16.8 Å². The van der Waals surface area contributed by atoms with Crippen molar-refractivity contribution >= 4 is 28.6 Å². The van der Waals surface area contributed by atoms with Crippen LogP contribution in [0.2, 0.25) is 0 Å². The van der Waals surface area contributed by atoms with Gasteiger partial charge in [-0.05, 0) is 65.4 Å². The van der Waals surface area contributed by atoms with Crippen LogP contribution in [-0.4, -0.2) is 12.5 Å². The minimum atomic E-state index is 0.226. The van der Waals surface area contributed by atoms with Gasteiger partial charge in [0.25, 0.3) is 0 Å². The summed E-state index contributed by atoms with van der Waals surface area (Å²) in [6.07, 6.45) is 3.36. The van der Waals surface area contributed by atoms with Crippen LogP contribution in [0.15, 0.2) is 35.0 Å². The molecule has 3 rings (SSSR count). The zero-order valence-corrected chi connectivity index (χ0v) is 12.2. The SMILES string of the molecule is Nc1ccc2c(c1)CCCC(=O)N2CCc1ccsc1. The normalized spacial score (nSPS) is 15.0. The average Bonchev–Trinajstić information content (AvgIpc) is 2.89. The molecular weight excluding hydrogens is 268 g/mol. The van der Waals surface area contributed by atoms with Crippen molar-refractivity contribution in [2.45, 2.75) is 25.7 Å². The number of rotatable bonds is 3. The average molecular weight is 286 g/mol. The van der Waals surface area contributed by atoms with Crippen molar-refractivity contribution in [3.63, 3.8) is 0 Å². The van der Waals surface area contributed by atoms with Gasteiger partial charge in [0.15, 0.2) is 0 Å². The van der Waals surface area contributed by atoms with Crippen LogP contribution in [-0.2, 0) is 17.6 Å². The Bertz CT molecular complexity index is 607. The van der Waals surface area contributed by atoms with Gasteiger partial charge in [-0.3, -0.25) is 4.79 Å². The van der Waals surface area contributed by atoms with Crippen molar-refractivity contribution in [2.75, 3.05) is 17.2 Å². The van der Waals surface area contributed by atoms with E-state index >= 15 is 0 Å². The lowest BCUT2D eigenvalue weighted by Crippen LogP contribution is -2.32. The van der Waals surface area contributed by atoms with Gasteiger partial charge in [0.05, 0.1) is 0 Å². The molecule has 2 aromatic rings. The number of anilines is 2. The lowest BCUT2D eigenvalue weighted by molar-refractivity contribution is -0.118. The topological polar surface area (TPSA) is 46.3 Å². The molecule has 0 saturated heterocycles. The number of nitrogens with zero attached hydrogens (tertiary/aromatic N) is 1. The molecule has 4 heteroatoms. The van der Waals surface area contributed by atoms with E-state index in [1.54, 1.807) is 11.3 Å². The predicted octanol–water partition coefficient (Wildman–Crippen LogP) is 3.24. The molecule has 0 atom stereocenters. The molecule has 1 aromatic carbocycles. The molecule has 1 amide bonds. The highest BCUT2D eigenvalue weighted by atomic mass is 32.1. The summed E-state index contributed by atoms with van der Waals surface area (Å²) < 4.78 is 0. The molecule has 2 N–H and O–H groups in total. The number of amides is 1. The van der Waals surface area contributed by atoms with Crippen LogP contribution in [0.25, 0.3) is 0 Å². The molecule has 1 aliphatic rings. The molecule has 0 aliphatic carbocycles. The van der Waals surface area contributed by atoms with Crippen molar-refractivity contribution in [1.82, 2.24) is 0 Å². The number of hydrogen-bond acceptors (Lipinski definition) is 3. The fourth-order valence-electron chi connectivity index (χ4n) is 2.69. The number of nitrogen functional groups attached to an aromatic ring is 1. The first-order valence-electron chi connectivity index (χ1n) is 6.94. The molecule has 0 fully saturated rings. The van der Waals surface area contributed by atoms with E-state index in [0.29, 0.717) is 6.42 Å². The minimum Gasteiger partial charge on any atom is -0.399 e. The van der Waals surface area contributed by atoms with E-state index in [4.69, 9.17) is 5.73 Å². The molecule has 0 saturated carbocycles. The predicted molar refractivity (Wildman–Crippen MR) is 84.2 cm³/mol. The number of benzene rings is 1. The van der Waals surface area contributed by atoms with Gasteiger partial charge < -0.3 is 10.6 Å². The number of hydrogen-bond donors (Lipinski definition) is 1. The van der Waals surface area contributed by atoms with Crippen molar-refractivity contribution < 1.29 is 4.79 Å². The number of thiophene rings is 1. The Balaban J connectivity index is 1.85. The fraction of sp³-hybridized carbons (Fsp3) is 0.312. The summed E-state index contributed by atoms with van der Waals surface area (Å²) in [5.41, 5.74) is 10.2. The van der Waals surface area contributed by atoms with E-state index in [1.165, 1.54) is 11.1 Å². The number of nitrogens with two attached hydrogens (primary N) is 1. The van der Waals surface area contributed by atoms with E-state index in [-0.39, 0.29) is 5.91 Å². The van der Waals surface area contributed by atoms with Gasteiger partial charge >= 0.3 is 0 Å². The van der Waals surface area contributed by atoms with Crippen LogP contribution < -0.4 is 10.6 Å². The fourth-order valence-corrected chi connectivity index (χ4v) is 3.39. The Kier molecular flexibility index (Phi) is 3.74. The largest absolute Gasteiger partial charge is 0.399 e. The smallest absolute Gasteiger partial charge is 0.227 e. The molecule has 0 bridgehead atoms. The van der Waals surface area contributed by atoms with Crippen LogP contribution in [0.1, 0.15) is 24.0 Å². The zero-order chi connectivity index (χ0) is 13.9. The van der Waals surface area contributed by atoms with Gasteiger partial charge in [-0.15, -0.1) is 0 Å². The number of fused-ring (bicyclic) bond motifs is 1. The van der Waals surface area contributed by atoms with Gasteiger partial charge in [0.1, 0.15) is 0 Å². The molecule has 3 nitrogen and oxygen atoms in total. The van der Waals surface area contributed by atoms with Crippen molar-refractivity contribution in [3.05, 3.63) is 46.2 Å². The van der Waals surface area contributed by atoms with E-state index in [9.17, 15) is 4.79 Å². The van der Waals surface area contributed by atoms with Crippen molar-refractivity contribution in [1.29, 1.82) is 0 Å². The molecular formula is C16H18N2OS. The van der Waals surface area contributed by atoms with Crippen molar-refractivity contribution in [3.8, 4) is 0 Å². The Morgan fingerprint density at radius 2 is 2.15 bits per heavy atom. The third-order valence-corrected chi connectivity index (χ3v) is 4.47. The highest BCUT2D eigenvalue weighted by molar-refractivity contribution is 7.07. The van der Waals surface area contributed by atoms with Gasteiger partial charge in [-0.25, -0.2) is 0 Å². The van der Waals surface area contributed by atoms with Crippen LogP contribution in [0.5, 0.6) is 0 Å². The Morgan fingerprint density at radius 3 is 2.95 bits per heavy atom. The Hall–Kier alpha value is -1.81. The summed E-state index contributed by atoms with van der Waals surface area (Å²) in [5.74, 6) is 0.226. The molecule has 0 radical (unpaired) electrons. The molecule has 20 heavy (non-hydrogen) atoms. The summed E-state index contributed by atoms with van der Waals surface area (Å²) in [6.45, 7) is 0.743. The molecule has 2 heterocycles. The molecule has 1 aromatic heterocycles. The lowest BCUT2D eigenvalue weighted by atomic mass is 10.1. The summed E-state index contributed by atoms with van der Waals surface area (Å²) in [5, 5.41) is 4.22. The van der Waals surface area contributed by atoms with Crippen molar-refractivity contribution in [2.24, 2.45) is 0 Å². The minimum absolute atomic E-state index is 0.226. The van der Waals surface area contributed by atoms with Crippen LogP contribution in [0, 0.1) is 0 Å². The monoisotopic (exact) mass is 286 g/mol. The van der Waals surface area contributed by atoms with Crippen LogP contribution in [0.4, 0.5) is 11.4 Å². The number of aryl methyl sites for hydroxylation is 1. The number of carbonyl (C=O) groups is 1. The van der Waals surface area contributed by atoms with Gasteiger partial charge in [0, 0.05) is 24.3 Å². The summed E-state index contributed by atoms with van der Waals surface area (Å²) in [4.78, 5) is 14.2. The second-order valence-corrected chi connectivity index (χ2v) is 5.95. The Morgan fingerprint density at radius 1 is 1.25 bits per heavy atom. The highest BCUT2D eigenvalue weighted by Crippen LogP contribution is 2.29. The van der Waals surface area contributed by atoms with E-state index in [1.807, 2.05) is 23.1 Å². The standard InChI is InChI=1S/C16H18N2OS/c17-14-4-5-15-13(10-14)2-1-3-16(19)18(15)8-6-12-7-9-20-11-12/h4-5,7,9-11H,1-3,6,8,17H2. The maximum atomic E-state index is 12.3. The Labute approximate surface area is 123 Å². The van der Waals surface area contributed by atoms with Gasteiger partial charge in [0.2, 0.25) is 5.91 Å². The van der Waals surface area contributed by atoms with Crippen LogP contribution >= 0.6 is 11.3 Å². The zero-order valence-electron chi connectivity index (χ0n) is 11.3. The third-order valence-electron chi connectivity index (χ3n) is 3.74. The molecule has 0 unspecified atom stereocenters. The van der Waals surface area contributed by atoms with Crippen LogP contribution in [0.3, 0.4) is 0 Å². The molecule has 104 valence electrons. The summed E-state index contributed by atoms with van der Waals surface area (Å²) in [7, 11) is 0. The quantitative estimate of drug-likeness (QED) is 0.880. The molecule has 1 aliphatic heterocycles. The molecule has 0 spiro atoms. The van der Waals surface area contributed by atoms with Gasteiger partial charge in [-0.2, -0.15) is 11.3 Å².